The van der Waals surface area contributed by atoms with E-state index in [0.717, 1.165) is 12.4 Å². The normalized spacial score (nSPS) is 11.6. The molecule has 0 spiro atoms. The summed E-state index contributed by atoms with van der Waals surface area (Å²) < 4.78 is 0. The molecule has 1 heterocycles. The molecule has 78 valence electrons. The zero-order valence-corrected chi connectivity index (χ0v) is 9.38. The number of nitrogens with zero attached hydrogens (tertiary/aromatic N) is 2. The highest BCUT2D eigenvalue weighted by Gasteiger charge is 2.15. The minimum Gasteiger partial charge on any atom is -0.309 e. The van der Waals surface area contributed by atoms with Gasteiger partial charge in [0.2, 0.25) is 0 Å². The fourth-order valence-electron chi connectivity index (χ4n) is 0.981. The molecule has 0 aliphatic rings. The van der Waals surface area contributed by atoms with Crippen LogP contribution in [-0.2, 0) is 6.54 Å². The second kappa shape index (κ2) is 5.27. The standard InChI is InChI=1S/C10H16ClN3/c1-10(2,7-11)8-12-6-9-13-4-3-5-14-9/h3-5,12H,6-8H2,1-2H3. The van der Waals surface area contributed by atoms with E-state index in [4.69, 9.17) is 11.6 Å². The van der Waals surface area contributed by atoms with Gasteiger partial charge in [0.05, 0.1) is 6.54 Å². The van der Waals surface area contributed by atoms with Crippen molar-refractivity contribution in [3.63, 3.8) is 0 Å². The number of halogens is 1. The molecule has 0 aromatic carbocycles. The molecule has 1 N–H and O–H groups in total. The highest BCUT2D eigenvalue weighted by atomic mass is 35.5. The molecular formula is C10H16ClN3. The Bertz CT molecular complexity index is 261. The van der Waals surface area contributed by atoms with Crippen LogP contribution in [0.25, 0.3) is 0 Å². The van der Waals surface area contributed by atoms with Crippen LogP contribution in [0.2, 0.25) is 0 Å². The molecule has 0 saturated carbocycles. The molecule has 0 aliphatic carbocycles. The summed E-state index contributed by atoms with van der Waals surface area (Å²) in [4.78, 5) is 8.24. The number of rotatable bonds is 5. The third-order valence-electron chi connectivity index (χ3n) is 1.87. The smallest absolute Gasteiger partial charge is 0.141 e. The van der Waals surface area contributed by atoms with Gasteiger partial charge in [-0.3, -0.25) is 0 Å². The first-order valence-electron chi connectivity index (χ1n) is 4.67. The Labute approximate surface area is 89.9 Å². The van der Waals surface area contributed by atoms with Crippen molar-refractivity contribution >= 4 is 11.6 Å². The molecule has 1 aromatic rings. The Morgan fingerprint density at radius 1 is 1.36 bits per heavy atom. The lowest BCUT2D eigenvalue weighted by atomic mass is 9.97. The first-order valence-corrected chi connectivity index (χ1v) is 5.20. The molecule has 0 aliphatic heterocycles. The average Bonchev–Trinajstić information content (AvgIpc) is 2.19. The van der Waals surface area contributed by atoms with Crippen LogP contribution in [0.15, 0.2) is 18.5 Å². The van der Waals surface area contributed by atoms with Crippen molar-refractivity contribution in [3.8, 4) is 0 Å². The van der Waals surface area contributed by atoms with Gasteiger partial charge in [-0.25, -0.2) is 9.97 Å². The third kappa shape index (κ3) is 4.03. The molecule has 0 fully saturated rings. The van der Waals surface area contributed by atoms with E-state index in [-0.39, 0.29) is 5.41 Å². The van der Waals surface area contributed by atoms with E-state index >= 15 is 0 Å². The van der Waals surface area contributed by atoms with Crippen molar-refractivity contribution in [1.82, 2.24) is 15.3 Å². The molecule has 0 amide bonds. The second-order valence-electron chi connectivity index (χ2n) is 4.07. The Morgan fingerprint density at radius 3 is 2.57 bits per heavy atom. The van der Waals surface area contributed by atoms with Crippen molar-refractivity contribution in [2.75, 3.05) is 12.4 Å². The Kier molecular flexibility index (Phi) is 4.29. The maximum atomic E-state index is 5.80. The maximum absolute atomic E-state index is 5.80. The van der Waals surface area contributed by atoms with Crippen LogP contribution >= 0.6 is 11.6 Å². The Balaban J connectivity index is 2.29. The van der Waals surface area contributed by atoms with Gasteiger partial charge in [0.1, 0.15) is 5.82 Å². The largest absolute Gasteiger partial charge is 0.309 e. The van der Waals surface area contributed by atoms with Gasteiger partial charge in [-0.1, -0.05) is 13.8 Å². The monoisotopic (exact) mass is 213 g/mol. The fraction of sp³-hybridized carbons (Fsp3) is 0.600. The molecule has 14 heavy (non-hydrogen) atoms. The third-order valence-corrected chi connectivity index (χ3v) is 2.59. The van der Waals surface area contributed by atoms with Gasteiger partial charge in [-0.15, -0.1) is 11.6 Å². The van der Waals surface area contributed by atoms with Crippen molar-refractivity contribution < 1.29 is 0 Å². The average molecular weight is 214 g/mol. The summed E-state index contributed by atoms with van der Waals surface area (Å²) in [5.74, 6) is 1.47. The van der Waals surface area contributed by atoms with E-state index in [1.165, 1.54) is 0 Å². The number of nitrogens with one attached hydrogen (secondary N) is 1. The molecule has 3 nitrogen and oxygen atoms in total. The van der Waals surface area contributed by atoms with Gasteiger partial charge in [0.25, 0.3) is 0 Å². The predicted molar refractivity (Wildman–Crippen MR) is 58.2 cm³/mol. The highest BCUT2D eigenvalue weighted by molar-refractivity contribution is 6.18. The summed E-state index contributed by atoms with van der Waals surface area (Å²) in [6.45, 7) is 5.81. The zero-order chi connectivity index (χ0) is 10.4. The van der Waals surface area contributed by atoms with E-state index in [1.807, 2.05) is 6.07 Å². The van der Waals surface area contributed by atoms with E-state index in [9.17, 15) is 0 Å². The minimum atomic E-state index is 0.121. The van der Waals surface area contributed by atoms with Crippen LogP contribution < -0.4 is 5.32 Å². The summed E-state index contributed by atoms with van der Waals surface area (Å²) in [6, 6.07) is 1.81. The van der Waals surface area contributed by atoms with Gasteiger partial charge >= 0.3 is 0 Å². The molecule has 0 atom stereocenters. The van der Waals surface area contributed by atoms with Crippen molar-refractivity contribution in [2.45, 2.75) is 20.4 Å². The summed E-state index contributed by atoms with van der Waals surface area (Å²) in [5.41, 5.74) is 0.121. The molecule has 1 aromatic heterocycles. The van der Waals surface area contributed by atoms with Crippen LogP contribution in [0.4, 0.5) is 0 Å². The number of alkyl halides is 1. The van der Waals surface area contributed by atoms with Crippen molar-refractivity contribution in [2.24, 2.45) is 5.41 Å². The first kappa shape index (κ1) is 11.4. The number of hydrogen-bond donors (Lipinski definition) is 1. The summed E-state index contributed by atoms with van der Waals surface area (Å²) in [7, 11) is 0. The van der Waals surface area contributed by atoms with Crippen LogP contribution in [-0.4, -0.2) is 22.4 Å². The van der Waals surface area contributed by atoms with Crippen LogP contribution in [0, 0.1) is 5.41 Å². The first-order chi connectivity index (χ1) is 6.64. The minimum absolute atomic E-state index is 0.121. The number of aromatic nitrogens is 2. The molecule has 4 heteroatoms. The zero-order valence-electron chi connectivity index (χ0n) is 8.63. The van der Waals surface area contributed by atoms with E-state index < -0.39 is 0 Å². The number of hydrogen-bond acceptors (Lipinski definition) is 3. The van der Waals surface area contributed by atoms with Gasteiger partial charge in [-0.2, -0.15) is 0 Å². The predicted octanol–water partition coefficient (Wildman–Crippen LogP) is 1.83. The van der Waals surface area contributed by atoms with Gasteiger partial charge in [0, 0.05) is 24.8 Å². The molecule has 0 unspecified atom stereocenters. The van der Waals surface area contributed by atoms with Gasteiger partial charge in [-0.05, 0) is 11.5 Å². The molecule has 0 bridgehead atoms. The lowest BCUT2D eigenvalue weighted by Crippen LogP contribution is -2.30. The topological polar surface area (TPSA) is 37.8 Å². The summed E-state index contributed by atoms with van der Waals surface area (Å²) in [5, 5.41) is 3.28. The van der Waals surface area contributed by atoms with Crippen LogP contribution in [0.3, 0.4) is 0 Å². The summed E-state index contributed by atoms with van der Waals surface area (Å²) in [6.07, 6.45) is 3.49. The quantitative estimate of drug-likeness (QED) is 0.759. The molecule has 0 saturated heterocycles. The fourth-order valence-corrected chi connectivity index (χ4v) is 1.08. The lowest BCUT2D eigenvalue weighted by Gasteiger charge is -2.21. The second-order valence-corrected chi connectivity index (χ2v) is 4.33. The SMILES string of the molecule is CC(C)(CCl)CNCc1ncccn1. The van der Waals surface area contributed by atoms with E-state index in [2.05, 4.69) is 29.1 Å². The molecule has 0 radical (unpaired) electrons. The van der Waals surface area contributed by atoms with Crippen LogP contribution in [0.1, 0.15) is 19.7 Å². The Morgan fingerprint density at radius 2 is 2.00 bits per heavy atom. The van der Waals surface area contributed by atoms with Gasteiger partial charge < -0.3 is 5.32 Å². The van der Waals surface area contributed by atoms with E-state index in [0.29, 0.717) is 12.4 Å². The molecular weight excluding hydrogens is 198 g/mol. The van der Waals surface area contributed by atoms with Crippen molar-refractivity contribution in [1.29, 1.82) is 0 Å². The molecule has 1 rings (SSSR count). The van der Waals surface area contributed by atoms with Crippen molar-refractivity contribution in [3.05, 3.63) is 24.3 Å². The lowest BCUT2D eigenvalue weighted by molar-refractivity contribution is 0.383. The summed E-state index contributed by atoms with van der Waals surface area (Å²) >= 11 is 5.80. The maximum Gasteiger partial charge on any atom is 0.141 e. The van der Waals surface area contributed by atoms with Gasteiger partial charge in [0.15, 0.2) is 0 Å². The van der Waals surface area contributed by atoms with E-state index in [1.54, 1.807) is 12.4 Å². The highest BCUT2D eigenvalue weighted by Crippen LogP contribution is 2.14. The van der Waals surface area contributed by atoms with Crippen LogP contribution in [0.5, 0.6) is 0 Å². The Hall–Kier alpha value is -0.670.